The molecule has 0 heterocycles. The van der Waals surface area contributed by atoms with Crippen LogP contribution < -0.4 is 4.74 Å². The lowest BCUT2D eigenvalue weighted by molar-refractivity contribution is 0.0786. The van der Waals surface area contributed by atoms with Crippen LogP contribution >= 0.6 is 0 Å². The second kappa shape index (κ2) is 60.5. The molecule has 0 amide bonds. The van der Waals surface area contributed by atoms with Gasteiger partial charge >= 0.3 is 0 Å². The van der Waals surface area contributed by atoms with Gasteiger partial charge in [-0.1, -0.05) is 452 Å². The molecule has 10 aromatic carbocycles. The Hall–Kier alpha value is -8.04. The van der Waals surface area contributed by atoms with Gasteiger partial charge in [0, 0.05) is 0 Å². The summed E-state index contributed by atoms with van der Waals surface area (Å²) < 4.78 is 5.52. The zero-order chi connectivity index (χ0) is 85.8. The van der Waals surface area contributed by atoms with E-state index >= 15 is 0 Å². The lowest BCUT2D eigenvalue weighted by Crippen LogP contribution is -2.15. The number of hydrogen-bond acceptors (Lipinski definition) is 2. The quantitative estimate of drug-likeness (QED) is 0.0733. The zero-order valence-electron chi connectivity index (χ0n) is 78.0. The molecule has 0 saturated carbocycles. The SMILES string of the molecule is C.CC(C)CCOc1ccccc1.CC(C)CCc1ccccc1.CC(C)Cc1ccc(C(C)(C)C)cc1.CC(C)Cc1ccc(C(C)(C)O)cc1.CC(C)Cc1ccc(C(C)C)cc1.CC(C)Cc1ccccc1.CC(C)c1ccccc1.Cc1ccc(C(C)C)cc1.Cc1ccc(C(C)C)cc1.Cc1ccc(CC(C)C)cc1. The van der Waals surface area contributed by atoms with E-state index in [9.17, 15) is 5.11 Å². The van der Waals surface area contributed by atoms with Crippen molar-refractivity contribution < 1.29 is 9.84 Å². The molecule has 115 heavy (non-hydrogen) atoms. The van der Waals surface area contributed by atoms with E-state index in [0.29, 0.717) is 35.5 Å². The molecule has 0 radical (unpaired) electrons. The van der Waals surface area contributed by atoms with Gasteiger partial charge in [0.15, 0.2) is 0 Å². The Balaban J connectivity index is 0.00000126. The summed E-state index contributed by atoms with van der Waals surface area (Å²) in [4.78, 5) is 0. The Labute approximate surface area is 710 Å². The van der Waals surface area contributed by atoms with Crippen LogP contribution in [-0.4, -0.2) is 11.7 Å². The van der Waals surface area contributed by atoms with Crippen molar-refractivity contribution in [2.75, 3.05) is 6.61 Å². The number of benzene rings is 10. The Morgan fingerprint density at radius 3 is 0.757 bits per heavy atom. The average Bonchev–Trinajstić information content (AvgIpc) is 0.836. The largest absolute Gasteiger partial charge is 0.494 e. The normalized spacial score (nSPS) is 10.8. The van der Waals surface area contributed by atoms with Gasteiger partial charge in [0.25, 0.3) is 0 Å². The van der Waals surface area contributed by atoms with Crippen molar-refractivity contribution in [2.45, 2.75) is 301 Å². The summed E-state index contributed by atoms with van der Waals surface area (Å²) in [5.74, 6) is 8.83. The minimum Gasteiger partial charge on any atom is -0.494 e. The Kier molecular flexibility index (Phi) is 56.2. The molecule has 10 aromatic rings. The highest BCUT2D eigenvalue weighted by Gasteiger charge is 2.16. The standard InChI is InChI=1S/C14H22.C13H20O.C13H20.C11H16O.2C11H16.3C10H14.C9H12.CH4/c1-11(2)10-12-6-8-13(9-7-12)14(3,4)5;1-10(2)9-11-5-7-12(8-6-11)13(3,4)14;1-10(2)9-12-5-7-13(8-6-12)11(3)4;1-10(2)8-9-12-11-6-4-3-5-7-11;1-9(2)8-11-6-4-10(3)5-7-11;1-10(2)8-9-11-6-4-3-5-7-11;2*1-8(2)10-6-4-9(3)5-7-10;1-9(2)8-10-6-4-3-5-7-10;1-8(2)9-6-4-3-5-7-9;/h6-9,11H,10H2,1-5H3;5-8,10,14H,9H2,1-4H3;5-8,10-11H,9H2,1-4H3;3-7,10H,8-9H2,1-2H3;4-7,9H,8H2,1-3H3;3-7,10H,8-9H2,1-2H3;2*4-8H,1-3H3;3-7,9H,8H2,1-2H3;3-8H,1-2H3;1H4. The Morgan fingerprint density at radius 1 is 0.252 bits per heavy atom. The third-order valence-corrected chi connectivity index (χ3v) is 18.8. The number of hydrogen-bond donors (Lipinski definition) is 1. The summed E-state index contributed by atoms with van der Waals surface area (Å²) in [6.07, 6.45) is 9.51. The first-order chi connectivity index (χ1) is 53.6. The summed E-state index contributed by atoms with van der Waals surface area (Å²) in [7, 11) is 0. The summed E-state index contributed by atoms with van der Waals surface area (Å²) in [6.45, 7) is 66.7. The topological polar surface area (TPSA) is 29.5 Å². The molecule has 0 aliphatic carbocycles. The van der Waals surface area contributed by atoms with Gasteiger partial charge in [-0.05, 0) is 235 Å². The van der Waals surface area contributed by atoms with Crippen molar-refractivity contribution in [3.63, 3.8) is 0 Å². The molecular formula is C113H168O2. The molecule has 10 rings (SSSR count). The van der Waals surface area contributed by atoms with Crippen LogP contribution in [0.5, 0.6) is 5.75 Å². The van der Waals surface area contributed by atoms with Gasteiger partial charge in [-0.2, -0.15) is 0 Å². The van der Waals surface area contributed by atoms with Gasteiger partial charge in [-0.25, -0.2) is 0 Å². The molecular weight excluding hydrogens is 1390 g/mol. The molecule has 0 fully saturated rings. The second-order valence-electron chi connectivity index (χ2n) is 37.0. The van der Waals surface area contributed by atoms with Crippen LogP contribution in [0.15, 0.2) is 267 Å². The Bertz CT molecular complexity index is 3730. The smallest absolute Gasteiger partial charge is 0.119 e. The summed E-state index contributed by atoms with van der Waals surface area (Å²) in [5, 5.41) is 9.76. The molecule has 0 aliphatic rings. The van der Waals surface area contributed by atoms with E-state index < -0.39 is 5.60 Å². The fourth-order valence-corrected chi connectivity index (χ4v) is 11.7. The number of rotatable bonds is 22. The van der Waals surface area contributed by atoms with Crippen LogP contribution in [0, 0.1) is 62.2 Å². The van der Waals surface area contributed by atoms with Crippen molar-refractivity contribution in [3.05, 3.63) is 350 Å². The third kappa shape index (κ3) is 56.0. The average molecular weight is 1560 g/mol. The van der Waals surface area contributed by atoms with E-state index in [1.54, 1.807) is 0 Å². The molecule has 0 unspecified atom stereocenters. The van der Waals surface area contributed by atoms with Crippen molar-refractivity contribution in [2.24, 2.45) is 41.4 Å². The number of para-hydroxylation sites is 1. The van der Waals surface area contributed by atoms with Gasteiger partial charge in [-0.3, -0.25) is 0 Å². The van der Waals surface area contributed by atoms with Gasteiger partial charge in [0.1, 0.15) is 5.75 Å². The molecule has 0 bridgehead atoms. The van der Waals surface area contributed by atoms with E-state index in [4.69, 9.17) is 4.74 Å². The first kappa shape index (κ1) is 107. The molecule has 0 aliphatic heterocycles. The van der Waals surface area contributed by atoms with Crippen LogP contribution in [0.25, 0.3) is 0 Å². The minimum absolute atomic E-state index is 0. The molecule has 2 heteroatoms. The zero-order valence-corrected chi connectivity index (χ0v) is 78.0. The van der Waals surface area contributed by atoms with Crippen LogP contribution in [0.4, 0.5) is 0 Å². The lowest BCUT2D eigenvalue weighted by Gasteiger charge is -2.19. The fraction of sp³-hybridized carbons (Fsp3) is 0.469. The highest BCUT2D eigenvalue weighted by molar-refractivity contribution is 5.31. The highest BCUT2D eigenvalue weighted by atomic mass is 16.5. The molecule has 1 N–H and O–H groups in total. The predicted octanol–water partition coefficient (Wildman–Crippen LogP) is 33.5. The van der Waals surface area contributed by atoms with Crippen LogP contribution in [0.1, 0.15) is 314 Å². The summed E-state index contributed by atoms with van der Waals surface area (Å²) in [6, 6.07) is 94.3. The van der Waals surface area contributed by atoms with Gasteiger partial charge in [0.05, 0.1) is 12.2 Å². The first-order valence-electron chi connectivity index (χ1n) is 43.6. The van der Waals surface area contributed by atoms with Crippen LogP contribution in [0.2, 0.25) is 0 Å². The van der Waals surface area contributed by atoms with Crippen molar-refractivity contribution >= 4 is 0 Å². The molecule has 2 nitrogen and oxygen atoms in total. The second-order valence-corrected chi connectivity index (χ2v) is 37.0. The number of aryl methyl sites for hydroxylation is 4. The van der Waals surface area contributed by atoms with Gasteiger partial charge in [0.2, 0.25) is 0 Å². The number of aliphatic hydroxyl groups is 1. The molecule has 0 atom stereocenters. The van der Waals surface area contributed by atoms with Crippen molar-refractivity contribution in [1.82, 2.24) is 0 Å². The summed E-state index contributed by atoms with van der Waals surface area (Å²) >= 11 is 0. The van der Waals surface area contributed by atoms with Gasteiger partial charge in [-0.15, -0.1) is 0 Å². The van der Waals surface area contributed by atoms with E-state index in [1.165, 1.54) is 116 Å². The van der Waals surface area contributed by atoms with E-state index in [2.05, 4.69) is 412 Å². The first-order valence-corrected chi connectivity index (χ1v) is 43.6. The van der Waals surface area contributed by atoms with E-state index in [-0.39, 0.29) is 12.8 Å². The molecule has 0 saturated heterocycles. The molecule has 0 spiro atoms. The maximum atomic E-state index is 9.76. The maximum Gasteiger partial charge on any atom is 0.119 e. The van der Waals surface area contributed by atoms with Crippen LogP contribution in [0.3, 0.4) is 0 Å². The summed E-state index contributed by atoms with van der Waals surface area (Å²) in [5.41, 5.74) is 20.3. The minimum atomic E-state index is -0.726. The van der Waals surface area contributed by atoms with E-state index in [0.717, 1.165) is 60.4 Å². The lowest BCUT2D eigenvalue weighted by atomic mass is 9.86. The highest BCUT2D eigenvalue weighted by Crippen LogP contribution is 2.25. The monoisotopic (exact) mass is 1560 g/mol. The van der Waals surface area contributed by atoms with Crippen LogP contribution in [-0.2, 0) is 49.5 Å². The predicted molar refractivity (Wildman–Crippen MR) is 516 cm³/mol. The van der Waals surface area contributed by atoms with E-state index in [1.807, 2.05) is 62.4 Å². The maximum absolute atomic E-state index is 9.76. The van der Waals surface area contributed by atoms with Crippen molar-refractivity contribution in [3.8, 4) is 5.75 Å². The van der Waals surface area contributed by atoms with Crippen molar-refractivity contribution in [1.29, 1.82) is 0 Å². The fourth-order valence-electron chi connectivity index (χ4n) is 11.7. The van der Waals surface area contributed by atoms with Gasteiger partial charge < -0.3 is 9.84 Å². The third-order valence-electron chi connectivity index (χ3n) is 18.8. The molecule has 0 aromatic heterocycles. The molecule has 632 valence electrons. The number of ether oxygens (including phenoxy) is 1. The Morgan fingerprint density at radius 2 is 0.487 bits per heavy atom.